The Morgan fingerprint density at radius 1 is 1.24 bits per heavy atom. The minimum absolute atomic E-state index is 0.524. The van der Waals surface area contributed by atoms with E-state index >= 15 is 0 Å². The Morgan fingerprint density at radius 2 is 2.06 bits per heavy atom. The van der Waals surface area contributed by atoms with Crippen LogP contribution in [0.25, 0.3) is 0 Å². The van der Waals surface area contributed by atoms with Gasteiger partial charge in [-0.3, -0.25) is 0 Å². The average molecular weight is 287 g/mol. The van der Waals surface area contributed by atoms with Crippen molar-refractivity contribution in [3.63, 3.8) is 0 Å². The summed E-state index contributed by atoms with van der Waals surface area (Å²) in [6.45, 7) is 0. The lowest BCUT2D eigenvalue weighted by molar-refractivity contribution is 0.168. The van der Waals surface area contributed by atoms with Crippen molar-refractivity contribution in [2.45, 2.75) is 18.9 Å². The lowest BCUT2D eigenvalue weighted by atomic mass is 10.0. The van der Waals surface area contributed by atoms with E-state index in [1.165, 1.54) is 4.88 Å². The molecule has 1 heterocycles. The maximum absolute atomic E-state index is 10.1. The van der Waals surface area contributed by atoms with Crippen LogP contribution in [0.4, 0.5) is 0 Å². The number of thiophene rings is 1. The Bertz CT molecular complexity index is 482. The molecule has 0 radical (unpaired) electrons. The molecule has 90 valence electrons. The van der Waals surface area contributed by atoms with Gasteiger partial charge in [-0.25, -0.2) is 0 Å². The van der Waals surface area contributed by atoms with Crippen LogP contribution in [0.1, 0.15) is 23.0 Å². The van der Waals surface area contributed by atoms with Crippen LogP contribution in [0.5, 0.6) is 0 Å². The second-order valence-corrected chi connectivity index (χ2v) is 5.68. The zero-order valence-electron chi connectivity index (χ0n) is 9.07. The van der Waals surface area contributed by atoms with Gasteiger partial charge >= 0.3 is 0 Å². The van der Waals surface area contributed by atoms with Gasteiger partial charge in [-0.2, -0.15) is 0 Å². The monoisotopic (exact) mass is 286 g/mol. The molecule has 1 nitrogen and oxygen atoms in total. The van der Waals surface area contributed by atoms with Crippen LogP contribution in [-0.4, -0.2) is 5.11 Å². The minimum Gasteiger partial charge on any atom is -0.388 e. The molecule has 1 atom stereocenters. The van der Waals surface area contributed by atoms with E-state index in [1.807, 2.05) is 11.4 Å². The molecule has 0 aliphatic carbocycles. The molecule has 0 fully saturated rings. The van der Waals surface area contributed by atoms with Crippen molar-refractivity contribution in [2.75, 3.05) is 0 Å². The fourth-order valence-corrected chi connectivity index (χ4v) is 2.92. The minimum atomic E-state index is -0.540. The van der Waals surface area contributed by atoms with Crippen LogP contribution < -0.4 is 0 Å². The zero-order chi connectivity index (χ0) is 12.3. The van der Waals surface area contributed by atoms with E-state index in [0.29, 0.717) is 16.5 Å². The van der Waals surface area contributed by atoms with E-state index in [0.717, 1.165) is 12.0 Å². The second kappa shape index (κ2) is 5.87. The molecular formula is C13H12Cl2OS. The maximum Gasteiger partial charge on any atom is 0.0807 e. The van der Waals surface area contributed by atoms with Crippen molar-refractivity contribution < 1.29 is 5.11 Å². The second-order valence-electron chi connectivity index (χ2n) is 3.80. The SMILES string of the molecule is OC(CCc1cccs1)c1ccc(Cl)cc1Cl. The van der Waals surface area contributed by atoms with Crippen LogP contribution in [0.2, 0.25) is 10.0 Å². The highest BCUT2D eigenvalue weighted by Crippen LogP contribution is 2.29. The molecule has 1 aromatic heterocycles. The van der Waals surface area contributed by atoms with Crippen LogP contribution >= 0.6 is 34.5 Å². The van der Waals surface area contributed by atoms with E-state index in [9.17, 15) is 5.11 Å². The Hall–Kier alpha value is -0.540. The molecule has 0 bridgehead atoms. The van der Waals surface area contributed by atoms with Gasteiger partial charge in [-0.15, -0.1) is 11.3 Å². The normalized spacial score (nSPS) is 12.6. The van der Waals surface area contributed by atoms with E-state index < -0.39 is 6.10 Å². The summed E-state index contributed by atoms with van der Waals surface area (Å²) in [7, 11) is 0. The fourth-order valence-electron chi connectivity index (χ4n) is 1.66. The molecule has 1 N–H and O–H groups in total. The van der Waals surface area contributed by atoms with Gasteiger partial charge in [0.25, 0.3) is 0 Å². The highest BCUT2D eigenvalue weighted by molar-refractivity contribution is 7.09. The van der Waals surface area contributed by atoms with E-state index in [1.54, 1.807) is 29.5 Å². The summed E-state index contributed by atoms with van der Waals surface area (Å²) in [5, 5.41) is 13.2. The van der Waals surface area contributed by atoms with Crippen molar-refractivity contribution in [3.05, 3.63) is 56.2 Å². The molecule has 0 saturated carbocycles. The maximum atomic E-state index is 10.1. The highest BCUT2D eigenvalue weighted by atomic mass is 35.5. The quantitative estimate of drug-likeness (QED) is 0.862. The standard InChI is InChI=1S/C13H12Cl2OS/c14-9-3-5-11(12(15)8-9)13(16)6-4-10-2-1-7-17-10/h1-3,5,7-8,13,16H,4,6H2. The summed E-state index contributed by atoms with van der Waals surface area (Å²) in [5.74, 6) is 0. The number of hydrogen-bond donors (Lipinski definition) is 1. The summed E-state index contributed by atoms with van der Waals surface area (Å²) in [5.41, 5.74) is 0.743. The number of benzene rings is 1. The molecule has 0 saturated heterocycles. The van der Waals surface area contributed by atoms with Gasteiger partial charge in [0.15, 0.2) is 0 Å². The van der Waals surface area contributed by atoms with Crippen molar-refractivity contribution in [1.29, 1.82) is 0 Å². The van der Waals surface area contributed by atoms with Gasteiger partial charge in [0, 0.05) is 14.9 Å². The van der Waals surface area contributed by atoms with Crippen LogP contribution in [-0.2, 0) is 6.42 Å². The summed E-state index contributed by atoms with van der Waals surface area (Å²) in [4.78, 5) is 1.27. The Balaban J connectivity index is 2.01. The van der Waals surface area contributed by atoms with Crippen molar-refractivity contribution >= 4 is 34.5 Å². The van der Waals surface area contributed by atoms with Crippen LogP contribution in [0, 0.1) is 0 Å². The number of aryl methyl sites for hydroxylation is 1. The third-order valence-electron chi connectivity index (χ3n) is 2.57. The molecule has 4 heteroatoms. The largest absolute Gasteiger partial charge is 0.388 e. The molecule has 0 aliphatic heterocycles. The van der Waals surface area contributed by atoms with Crippen molar-refractivity contribution in [2.24, 2.45) is 0 Å². The number of halogens is 2. The highest BCUT2D eigenvalue weighted by Gasteiger charge is 2.12. The number of aliphatic hydroxyl groups is 1. The molecule has 17 heavy (non-hydrogen) atoms. The summed E-state index contributed by atoms with van der Waals surface area (Å²) in [6.07, 6.45) is 0.987. The smallest absolute Gasteiger partial charge is 0.0807 e. The third kappa shape index (κ3) is 3.46. The first-order chi connectivity index (χ1) is 8.16. The molecule has 0 aliphatic rings. The molecule has 1 aromatic carbocycles. The van der Waals surface area contributed by atoms with Gasteiger partial charge in [-0.1, -0.05) is 35.3 Å². The van der Waals surface area contributed by atoms with E-state index in [-0.39, 0.29) is 0 Å². The topological polar surface area (TPSA) is 20.2 Å². The van der Waals surface area contributed by atoms with E-state index in [2.05, 4.69) is 6.07 Å². The van der Waals surface area contributed by atoms with Gasteiger partial charge in [0.2, 0.25) is 0 Å². The predicted molar refractivity (Wildman–Crippen MR) is 74.1 cm³/mol. The van der Waals surface area contributed by atoms with Gasteiger partial charge in [-0.05, 0) is 42.0 Å². The Morgan fingerprint density at radius 3 is 2.71 bits per heavy atom. The Kier molecular flexibility index (Phi) is 4.46. The summed E-state index contributed by atoms with van der Waals surface area (Å²) < 4.78 is 0. The fraction of sp³-hybridized carbons (Fsp3) is 0.231. The first-order valence-corrected chi connectivity index (χ1v) is 6.96. The first-order valence-electron chi connectivity index (χ1n) is 5.32. The summed E-state index contributed by atoms with van der Waals surface area (Å²) >= 11 is 13.6. The molecule has 0 amide bonds. The number of aliphatic hydroxyl groups excluding tert-OH is 1. The Labute approximate surface area is 115 Å². The van der Waals surface area contributed by atoms with Crippen LogP contribution in [0.15, 0.2) is 35.7 Å². The van der Waals surface area contributed by atoms with Crippen molar-refractivity contribution in [1.82, 2.24) is 0 Å². The molecule has 1 unspecified atom stereocenters. The number of rotatable bonds is 4. The number of hydrogen-bond acceptors (Lipinski definition) is 2. The molecular weight excluding hydrogens is 275 g/mol. The van der Waals surface area contributed by atoms with E-state index in [4.69, 9.17) is 23.2 Å². The summed E-state index contributed by atoms with van der Waals surface area (Å²) in [6, 6.07) is 9.27. The molecule has 2 aromatic rings. The van der Waals surface area contributed by atoms with Gasteiger partial charge < -0.3 is 5.11 Å². The van der Waals surface area contributed by atoms with Crippen LogP contribution in [0.3, 0.4) is 0 Å². The van der Waals surface area contributed by atoms with Crippen molar-refractivity contribution in [3.8, 4) is 0 Å². The zero-order valence-corrected chi connectivity index (χ0v) is 11.4. The van der Waals surface area contributed by atoms with Gasteiger partial charge in [0.1, 0.15) is 0 Å². The average Bonchev–Trinajstić information content (AvgIpc) is 2.78. The van der Waals surface area contributed by atoms with Gasteiger partial charge in [0.05, 0.1) is 6.10 Å². The third-order valence-corrected chi connectivity index (χ3v) is 4.06. The predicted octanol–water partition coefficient (Wildman–Crippen LogP) is 4.72. The lowest BCUT2D eigenvalue weighted by Gasteiger charge is -2.12. The molecule has 2 rings (SSSR count). The molecule has 0 spiro atoms. The lowest BCUT2D eigenvalue weighted by Crippen LogP contribution is -1.99. The first kappa shape index (κ1) is 12.9.